The van der Waals surface area contributed by atoms with Crippen LogP contribution in [0.5, 0.6) is 0 Å². The number of carbonyl (C=O) groups is 2. The average molecular weight is 638 g/mol. The second kappa shape index (κ2) is 26.1. The van der Waals surface area contributed by atoms with Crippen molar-refractivity contribution < 1.29 is 52.6 Å². The van der Waals surface area contributed by atoms with Crippen LogP contribution < -0.4 is 10.6 Å². The van der Waals surface area contributed by atoms with Gasteiger partial charge in [0.15, 0.2) is 0 Å². The lowest BCUT2D eigenvalue weighted by molar-refractivity contribution is 0.0102. The minimum Gasteiger partial charge on any atom is -0.513 e. The number of nitrogens with one attached hydrogen (secondary N) is 2. The van der Waals surface area contributed by atoms with E-state index in [2.05, 4.69) is 22.1 Å². The summed E-state index contributed by atoms with van der Waals surface area (Å²) in [7, 11) is 0. The van der Waals surface area contributed by atoms with E-state index in [-0.39, 0.29) is 5.76 Å². The van der Waals surface area contributed by atoms with Gasteiger partial charge in [-0.3, -0.25) is 4.90 Å². The molecule has 0 aromatic rings. The van der Waals surface area contributed by atoms with E-state index in [0.29, 0.717) is 118 Å². The van der Waals surface area contributed by atoms with Crippen molar-refractivity contribution in [3.8, 4) is 0 Å². The Kier molecular flexibility index (Phi) is 24.8. The molecule has 0 saturated heterocycles. The molecule has 2 amide bonds. The molecule has 14 nitrogen and oxygen atoms in total. The highest BCUT2D eigenvalue weighted by Gasteiger charge is 2.16. The van der Waals surface area contributed by atoms with Crippen LogP contribution in [0.4, 0.5) is 9.59 Å². The molecule has 0 atom stereocenters. The highest BCUT2D eigenvalue weighted by atomic mass is 16.6. The van der Waals surface area contributed by atoms with Gasteiger partial charge in [-0.1, -0.05) is 6.58 Å². The van der Waals surface area contributed by atoms with Gasteiger partial charge in [-0.25, -0.2) is 9.59 Å². The first-order valence-electron chi connectivity index (χ1n) is 15.3. The Morgan fingerprint density at radius 3 is 1.20 bits per heavy atom. The van der Waals surface area contributed by atoms with Crippen molar-refractivity contribution in [2.24, 2.45) is 0 Å². The van der Waals surface area contributed by atoms with Crippen LogP contribution in [0.2, 0.25) is 0 Å². The molecule has 0 aliphatic heterocycles. The minimum absolute atomic E-state index is 0.106. The van der Waals surface area contributed by atoms with Crippen LogP contribution >= 0.6 is 0 Å². The van der Waals surface area contributed by atoms with E-state index in [0.717, 1.165) is 0 Å². The van der Waals surface area contributed by atoms with Gasteiger partial charge in [0.05, 0.1) is 85.0 Å². The van der Waals surface area contributed by atoms with Crippen LogP contribution in [-0.2, 0) is 37.9 Å². The van der Waals surface area contributed by atoms with Gasteiger partial charge in [0.2, 0.25) is 0 Å². The number of rotatable bonds is 27. The van der Waals surface area contributed by atoms with Gasteiger partial charge in [-0.15, -0.1) is 0 Å². The van der Waals surface area contributed by atoms with Crippen LogP contribution in [0, 0.1) is 0 Å². The lowest BCUT2D eigenvalue weighted by Crippen LogP contribution is -2.35. The summed E-state index contributed by atoms with van der Waals surface area (Å²) >= 11 is 0. The molecule has 0 radical (unpaired) electrons. The average Bonchev–Trinajstić information content (AvgIpc) is 2.89. The predicted molar refractivity (Wildman–Crippen MR) is 166 cm³/mol. The normalized spacial score (nSPS) is 11.9. The third kappa shape index (κ3) is 32.7. The molecule has 0 aromatic carbocycles. The maximum atomic E-state index is 11.6. The van der Waals surface area contributed by atoms with Crippen LogP contribution in [0.25, 0.3) is 0 Å². The lowest BCUT2D eigenvalue weighted by Gasteiger charge is -2.22. The fourth-order valence-corrected chi connectivity index (χ4v) is 3.15. The fourth-order valence-electron chi connectivity index (χ4n) is 3.15. The fraction of sp³-hybridized carbons (Fsp3) is 0.867. The van der Waals surface area contributed by atoms with Crippen molar-refractivity contribution in [1.82, 2.24) is 15.5 Å². The summed E-state index contributed by atoms with van der Waals surface area (Å²) < 4.78 is 43.8. The van der Waals surface area contributed by atoms with Crippen LogP contribution in [0.1, 0.15) is 48.0 Å². The maximum absolute atomic E-state index is 11.6. The highest BCUT2D eigenvalue weighted by molar-refractivity contribution is 5.67. The number of aliphatic hydroxyl groups excluding tert-OH is 1. The quantitative estimate of drug-likeness (QED) is 0.0896. The summed E-state index contributed by atoms with van der Waals surface area (Å²) in [6.45, 7) is 22.4. The van der Waals surface area contributed by atoms with Gasteiger partial charge in [0, 0.05) is 39.1 Å². The number of ether oxygens (including phenoxy) is 8. The Hall–Kier alpha value is -2.20. The van der Waals surface area contributed by atoms with Crippen molar-refractivity contribution in [2.45, 2.75) is 59.2 Å². The second-order valence-corrected chi connectivity index (χ2v) is 11.7. The lowest BCUT2D eigenvalue weighted by atomic mass is 10.2. The smallest absolute Gasteiger partial charge is 0.407 e. The third-order valence-electron chi connectivity index (χ3n) is 5.14. The van der Waals surface area contributed by atoms with E-state index in [9.17, 15) is 9.59 Å². The summed E-state index contributed by atoms with van der Waals surface area (Å²) in [6.07, 6.45) is -0.521. The number of aliphatic hydroxyl groups is 1. The standard InChI is InChI=1S/C30H59N3O11/c1-26(34)8-14-37-20-23-40-17-11-33(12-18-41-24-21-38-15-9-31-27(35)43-29(2,3)4)13-19-42-25-22-39-16-10-32-28(36)44-30(5,6)7/h34H,1,8-25H2,2-7H3,(H,31,35)(H,32,36). The number of hydrogen-bond acceptors (Lipinski definition) is 12. The van der Waals surface area contributed by atoms with Crippen molar-refractivity contribution in [1.29, 1.82) is 0 Å². The Bertz CT molecular complexity index is 697. The van der Waals surface area contributed by atoms with Gasteiger partial charge in [0.25, 0.3) is 0 Å². The van der Waals surface area contributed by atoms with E-state index in [1.54, 1.807) is 0 Å². The van der Waals surface area contributed by atoms with Gasteiger partial charge < -0.3 is 53.6 Å². The van der Waals surface area contributed by atoms with Crippen molar-refractivity contribution >= 4 is 12.2 Å². The summed E-state index contributed by atoms with van der Waals surface area (Å²) in [5, 5.41) is 14.4. The van der Waals surface area contributed by atoms with Gasteiger partial charge in [0.1, 0.15) is 11.2 Å². The first-order valence-corrected chi connectivity index (χ1v) is 15.3. The molecule has 0 heterocycles. The molecule has 0 bridgehead atoms. The van der Waals surface area contributed by atoms with Crippen molar-refractivity contribution in [3.05, 3.63) is 12.3 Å². The maximum Gasteiger partial charge on any atom is 0.407 e. The Morgan fingerprint density at radius 2 is 0.886 bits per heavy atom. The summed E-state index contributed by atoms with van der Waals surface area (Å²) in [4.78, 5) is 25.4. The monoisotopic (exact) mass is 637 g/mol. The Labute approximate surface area is 264 Å². The number of nitrogens with zero attached hydrogens (tertiary/aromatic N) is 1. The first-order chi connectivity index (χ1) is 20.8. The molecule has 0 aliphatic carbocycles. The zero-order chi connectivity index (χ0) is 33.1. The van der Waals surface area contributed by atoms with E-state index in [1.165, 1.54) is 0 Å². The largest absolute Gasteiger partial charge is 0.513 e. The van der Waals surface area contributed by atoms with Gasteiger partial charge >= 0.3 is 12.2 Å². The molecule has 44 heavy (non-hydrogen) atoms. The zero-order valence-corrected chi connectivity index (χ0v) is 27.9. The van der Waals surface area contributed by atoms with Crippen LogP contribution in [-0.4, -0.2) is 145 Å². The zero-order valence-electron chi connectivity index (χ0n) is 27.9. The molecule has 0 rings (SSSR count). The molecular weight excluding hydrogens is 578 g/mol. The predicted octanol–water partition coefficient (Wildman–Crippen LogP) is 2.90. The number of carbonyl (C=O) groups excluding carboxylic acids is 2. The van der Waals surface area contributed by atoms with E-state index in [1.807, 2.05) is 41.5 Å². The van der Waals surface area contributed by atoms with Gasteiger partial charge in [-0.2, -0.15) is 0 Å². The highest BCUT2D eigenvalue weighted by Crippen LogP contribution is 2.06. The Morgan fingerprint density at radius 1 is 0.568 bits per heavy atom. The number of alkyl carbamates (subject to hydrolysis) is 2. The molecular formula is C30H59N3O11. The summed E-state index contributed by atoms with van der Waals surface area (Å²) in [6, 6.07) is 0. The molecule has 0 aliphatic rings. The first kappa shape index (κ1) is 41.8. The minimum atomic E-state index is -0.534. The SMILES string of the molecule is C=C(O)CCOCCOCCN(CCOCCOCCNC(=O)OC(C)(C)C)CCOCCOCCNC(=O)OC(C)(C)C. The van der Waals surface area contributed by atoms with Crippen LogP contribution in [0.3, 0.4) is 0 Å². The molecule has 0 saturated carbocycles. The third-order valence-corrected chi connectivity index (χ3v) is 5.14. The molecule has 3 N–H and O–H groups in total. The molecule has 0 fully saturated rings. The molecule has 260 valence electrons. The Balaban J connectivity index is 4.08. The number of amides is 2. The van der Waals surface area contributed by atoms with E-state index < -0.39 is 23.4 Å². The summed E-state index contributed by atoms with van der Waals surface area (Å²) in [5.74, 6) is 0.106. The molecule has 0 aromatic heterocycles. The summed E-state index contributed by atoms with van der Waals surface area (Å²) in [5.41, 5.74) is -1.07. The topological polar surface area (TPSA) is 156 Å². The second-order valence-electron chi connectivity index (χ2n) is 11.7. The van der Waals surface area contributed by atoms with Gasteiger partial charge in [-0.05, 0) is 41.5 Å². The van der Waals surface area contributed by atoms with Crippen molar-refractivity contribution in [3.63, 3.8) is 0 Å². The van der Waals surface area contributed by atoms with Crippen molar-refractivity contribution in [2.75, 3.05) is 112 Å². The van der Waals surface area contributed by atoms with Crippen LogP contribution in [0.15, 0.2) is 12.3 Å². The van der Waals surface area contributed by atoms with E-state index >= 15 is 0 Å². The number of hydrogen-bond donors (Lipinski definition) is 3. The molecule has 0 spiro atoms. The van der Waals surface area contributed by atoms with E-state index in [4.69, 9.17) is 43.0 Å². The molecule has 0 unspecified atom stereocenters. The molecule has 14 heteroatoms.